The van der Waals surface area contributed by atoms with Gasteiger partial charge in [-0.3, -0.25) is 9.59 Å². The Morgan fingerprint density at radius 3 is 2.28 bits per heavy atom. The van der Waals surface area contributed by atoms with Crippen molar-refractivity contribution in [2.75, 3.05) is 13.2 Å². The highest BCUT2D eigenvalue weighted by Gasteiger charge is 2.15. The van der Waals surface area contributed by atoms with E-state index in [1.807, 2.05) is 42.5 Å². The summed E-state index contributed by atoms with van der Waals surface area (Å²) >= 11 is 0. The summed E-state index contributed by atoms with van der Waals surface area (Å²) in [6, 6.07) is 16.7. The molecule has 0 radical (unpaired) electrons. The fourth-order valence-corrected chi connectivity index (χ4v) is 2.45. The Balaban J connectivity index is 1.94. The molecule has 2 rings (SSSR count). The first-order valence-electron chi connectivity index (χ1n) is 8.37. The van der Waals surface area contributed by atoms with E-state index < -0.39 is 6.04 Å². The predicted octanol–water partition coefficient (Wildman–Crippen LogP) is 2.79. The quantitative estimate of drug-likeness (QED) is 0.724. The fourth-order valence-electron chi connectivity index (χ4n) is 2.45. The summed E-state index contributed by atoms with van der Waals surface area (Å²) in [7, 11) is 0. The molecule has 1 unspecified atom stereocenters. The summed E-state index contributed by atoms with van der Waals surface area (Å²) in [6.45, 7) is 1.83. The molecule has 0 heterocycles. The zero-order chi connectivity index (χ0) is 18.1. The average molecular weight is 341 g/mol. The molecule has 0 aromatic heterocycles. The maximum atomic E-state index is 12.3. The van der Waals surface area contributed by atoms with Gasteiger partial charge in [0.15, 0.2) is 0 Å². The number of amides is 1. The summed E-state index contributed by atoms with van der Waals surface area (Å²) in [6.07, 6.45) is 0.495. The Labute approximate surface area is 147 Å². The molecule has 0 bridgehead atoms. The normalized spacial score (nSPS) is 11.6. The van der Waals surface area contributed by atoms with Crippen LogP contribution in [0, 0.1) is 0 Å². The molecule has 1 amide bonds. The molecule has 0 aliphatic rings. The van der Waals surface area contributed by atoms with Crippen molar-refractivity contribution < 1.29 is 19.4 Å². The molecular formula is C20H23NO4. The molecule has 5 nitrogen and oxygen atoms in total. The minimum absolute atomic E-state index is 0.159. The van der Waals surface area contributed by atoms with Crippen LogP contribution in [0.4, 0.5) is 0 Å². The summed E-state index contributed by atoms with van der Waals surface area (Å²) in [5.74, 6) is -0.607. The predicted molar refractivity (Wildman–Crippen MR) is 96.1 cm³/mol. The Hall–Kier alpha value is -2.66. The lowest BCUT2D eigenvalue weighted by Crippen LogP contribution is -2.37. The van der Waals surface area contributed by atoms with E-state index in [-0.39, 0.29) is 24.9 Å². The topological polar surface area (TPSA) is 75.6 Å². The first-order valence-corrected chi connectivity index (χ1v) is 8.37. The number of aliphatic hydroxyl groups excluding tert-OH is 1. The molecule has 0 saturated heterocycles. The van der Waals surface area contributed by atoms with Crippen molar-refractivity contribution in [3.8, 4) is 11.1 Å². The van der Waals surface area contributed by atoms with E-state index in [0.29, 0.717) is 18.6 Å². The summed E-state index contributed by atoms with van der Waals surface area (Å²) in [5, 5.41) is 12.1. The first-order chi connectivity index (χ1) is 12.1. The third-order valence-corrected chi connectivity index (χ3v) is 3.81. The summed E-state index contributed by atoms with van der Waals surface area (Å²) in [4.78, 5) is 23.7. The van der Waals surface area contributed by atoms with Gasteiger partial charge >= 0.3 is 5.97 Å². The van der Waals surface area contributed by atoms with E-state index in [2.05, 4.69) is 5.32 Å². The van der Waals surface area contributed by atoms with E-state index in [0.717, 1.165) is 11.1 Å². The molecule has 2 aromatic carbocycles. The van der Waals surface area contributed by atoms with Gasteiger partial charge in [0.25, 0.3) is 5.91 Å². The zero-order valence-corrected chi connectivity index (χ0v) is 14.3. The molecule has 25 heavy (non-hydrogen) atoms. The highest BCUT2D eigenvalue weighted by Crippen LogP contribution is 2.19. The largest absolute Gasteiger partial charge is 0.466 e. The van der Waals surface area contributed by atoms with Crippen LogP contribution in [0.15, 0.2) is 54.6 Å². The van der Waals surface area contributed by atoms with E-state index in [4.69, 9.17) is 4.74 Å². The molecule has 0 aliphatic heterocycles. The van der Waals surface area contributed by atoms with E-state index in [1.165, 1.54) is 0 Å². The highest BCUT2D eigenvalue weighted by molar-refractivity contribution is 5.94. The number of aliphatic hydroxyl groups is 1. The maximum Gasteiger partial charge on any atom is 0.305 e. The van der Waals surface area contributed by atoms with Crippen LogP contribution in [0.3, 0.4) is 0 Å². The molecular weight excluding hydrogens is 318 g/mol. The molecule has 5 heteroatoms. The lowest BCUT2D eigenvalue weighted by Gasteiger charge is -2.16. The van der Waals surface area contributed by atoms with Crippen LogP contribution < -0.4 is 5.32 Å². The number of nitrogens with one attached hydrogen (secondary N) is 1. The Kier molecular flexibility index (Phi) is 7.16. The van der Waals surface area contributed by atoms with Crippen molar-refractivity contribution in [1.29, 1.82) is 0 Å². The molecule has 2 N–H and O–H groups in total. The lowest BCUT2D eigenvalue weighted by atomic mass is 10.0. The molecule has 1 atom stereocenters. The van der Waals surface area contributed by atoms with Gasteiger partial charge in [-0.2, -0.15) is 0 Å². The Bertz CT molecular complexity index is 683. The second kappa shape index (κ2) is 9.59. The SMILES string of the molecule is CCOC(=O)CCC(CO)NC(=O)c1ccc(-c2ccccc2)cc1. The smallest absolute Gasteiger partial charge is 0.305 e. The Morgan fingerprint density at radius 1 is 1.04 bits per heavy atom. The van der Waals surface area contributed by atoms with Crippen molar-refractivity contribution in [3.63, 3.8) is 0 Å². The minimum atomic E-state index is -0.481. The molecule has 132 valence electrons. The van der Waals surface area contributed by atoms with Gasteiger partial charge in [0.1, 0.15) is 0 Å². The number of esters is 1. The van der Waals surface area contributed by atoms with Gasteiger partial charge in [-0.25, -0.2) is 0 Å². The van der Waals surface area contributed by atoms with Crippen LogP contribution in [0.2, 0.25) is 0 Å². The lowest BCUT2D eigenvalue weighted by molar-refractivity contribution is -0.143. The van der Waals surface area contributed by atoms with Crippen LogP contribution in [0.25, 0.3) is 11.1 Å². The Morgan fingerprint density at radius 2 is 1.68 bits per heavy atom. The second-order valence-corrected chi connectivity index (χ2v) is 5.64. The second-order valence-electron chi connectivity index (χ2n) is 5.64. The molecule has 0 aliphatic carbocycles. The number of carbonyl (C=O) groups excluding carboxylic acids is 2. The van der Waals surface area contributed by atoms with Crippen molar-refractivity contribution in [2.24, 2.45) is 0 Å². The zero-order valence-electron chi connectivity index (χ0n) is 14.3. The number of benzene rings is 2. The van der Waals surface area contributed by atoms with E-state index in [9.17, 15) is 14.7 Å². The number of carbonyl (C=O) groups is 2. The van der Waals surface area contributed by atoms with Crippen LogP contribution >= 0.6 is 0 Å². The van der Waals surface area contributed by atoms with Crippen LogP contribution in [0.5, 0.6) is 0 Å². The van der Waals surface area contributed by atoms with Crippen molar-refractivity contribution >= 4 is 11.9 Å². The van der Waals surface area contributed by atoms with Gasteiger partial charge in [-0.15, -0.1) is 0 Å². The van der Waals surface area contributed by atoms with Crippen LogP contribution in [-0.2, 0) is 9.53 Å². The average Bonchev–Trinajstić information content (AvgIpc) is 2.66. The maximum absolute atomic E-state index is 12.3. The summed E-state index contributed by atoms with van der Waals surface area (Å²) < 4.78 is 4.85. The van der Waals surface area contributed by atoms with Gasteiger partial charge in [0.2, 0.25) is 0 Å². The van der Waals surface area contributed by atoms with Gasteiger partial charge in [-0.1, -0.05) is 42.5 Å². The van der Waals surface area contributed by atoms with Crippen LogP contribution in [0.1, 0.15) is 30.1 Å². The molecule has 0 fully saturated rings. The number of hydrogen-bond acceptors (Lipinski definition) is 4. The minimum Gasteiger partial charge on any atom is -0.466 e. The van der Waals surface area contributed by atoms with Gasteiger partial charge < -0.3 is 15.2 Å². The highest BCUT2D eigenvalue weighted by atomic mass is 16.5. The monoisotopic (exact) mass is 341 g/mol. The third-order valence-electron chi connectivity index (χ3n) is 3.81. The molecule has 2 aromatic rings. The number of hydrogen-bond donors (Lipinski definition) is 2. The molecule has 0 saturated carbocycles. The van der Waals surface area contributed by atoms with E-state index >= 15 is 0 Å². The van der Waals surface area contributed by atoms with Crippen molar-refractivity contribution in [2.45, 2.75) is 25.8 Å². The van der Waals surface area contributed by atoms with E-state index in [1.54, 1.807) is 19.1 Å². The van der Waals surface area contributed by atoms with Gasteiger partial charge in [-0.05, 0) is 36.6 Å². The first kappa shape index (κ1) is 18.7. The fraction of sp³-hybridized carbons (Fsp3) is 0.300. The van der Waals surface area contributed by atoms with Crippen molar-refractivity contribution in [1.82, 2.24) is 5.32 Å². The number of ether oxygens (including phenoxy) is 1. The van der Waals surface area contributed by atoms with Crippen LogP contribution in [-0.4, -0.2) is 36.2 Å². The number of rotatable bonds is 8. The van der Waals surface area contributed by atoms with Crippen molar-refractivity contribution in [3.05, 3.63) is 60.2 Å². The summed E-state index contributed by atoms with van der Waals surface area (Å²) in [5.41, 5.74) is 2.62. The standard InChI is InChI=1S/C20H23NO4/c1-2-25-19(23)13-12-18(14-22)21-20(24)17-10-8-16(9-11-17)15-6-4-3-5-7-15/h3-11,18,22H,2,12-14H2,1H3,(H,21,24). The molecule has 0 spiro atoms. The van der Waals surface area contributed by atoms with Gasteiger partial charge in [0.05, 0.1) is 19.3 Å². The van der Waals surface area contributed by atoms with Gasteiger partial charge in [0, 0.05) is 12.0 Å². The third kappa shape index (κ3) is 5.72.